The van der Waals surface area contributed by atoms with Gasteiger partial charge in [0.15, 0.2) is 0 Å². The second-order valence-electron chi connectivity index (χ2n) is 3.90. The summed E-state index contributed by atoms with van der Waals surface area (Å²) in [5.41, 5.74) is 1.88. The molecule has 0 radical (unpaired) electrons. The van der Waals surface area contributed by atoms with E-state index in [1.165, 1.54) is 0 Å². The van der Waals surface area contributed by atoms with Crippen LogP contribution in [0.2, 0.25) is 13.1 Å². The average molecular weight is 202 g/mol. The highest BCUT2D eigenvalue weighted by Crippen LogP contribution is 2.04. The van der Waals surface area contributed by atoms with Gasteiger partial charge in [-0.15, -0.1) is 6.58 Å². The highest BCUT2D eigenvalue weighted by atomic mass is 28.3. The smallest absolute Gasteiger partial charge is 0.438 e. The SMILES string of the molecule is C=C[Si](C)(C)COC(=O)OC(C)C. The average Bonchev–Trinajstić information content (AvgIpc) is 2.00. The van der Waals surface area contributed by atoms with Gasteiger partial charge in [0.2, 0.25) is 0 Å². The topological polar surface area (TPSA) is 35.5 Å². The van der Waals surface area contributed by atoms with E-state index in [9.17, 15) is 4.79 Å². The van der Waals surface area contributed by atoms with Gasteiger partial charge < -0.3 is 9.47 Å². The molecule has 0 unspecified atom stereocenters. The molecule has 0 aliphatic carbocycles. The minimum absolute atomic E-state index is 0.124. The summed E-state index contributed by atoms with van der Waals surface area (Å²) in [6.45, 7) is 11.4. The van der Waals surface area contributed by atoms with Crippen molar-refractivity contribution in [3.63, 3.8) is 0 Å². The molecule has 0 N–H and O–H groups in total. The quantitative estimate of drug-likeness (QED) is 0.519. The Bertz CT molecular complexity index is 187. The molecule has 0 amide bonds. The molecule has 0 fully saturated rings. The van der Waals surface area contributed by atoms with E-state index in [4.69, 9.17) is 9.47 Å². The van der Waals surface area contributed by atoms with Crippen LogP contribution >= 0.6 is 0 Å². The Hall–Kier alpha value is -0.773. The minimum atomic E-state index is -1.55. The van der Waals surface area contributed by atoms with Gasteiger partial charge in [0, 0.05) is 0 Å². The van der Waals surface area contributed by atoms with Crippen molar-refractivity contribution >= 4 is 14.2 Å². The van der Waals surface area contributed by atoms with Gasteiger partial charge >= 0.3 is 6.16 Å². The lowest BCUT2D eigenvalue weighted by Crippen LogP contribution is -2.32. The molecule has 0 aromatic heterocycles. The molecule has 3 nitrogen and oxygen atoms in total. The molecule has 0 aliphatic heterocycles. The summed E-state index contributed by atoms with van der Waals surface area (Å²) in [6.07, 6.45) is -0.277. The second-order valence-corrected chi connectivity index (χ2v) is 8.57. The normalized spacial score (nSPS) is 11.2. The Morgan fingerprint density at radius 1 is 1.54 bits per heavy atom. The number of rotatable bonds is 4. The monoisotopic (exact) mass is 202 g/mol. The van der Waals surface area contributed by atoms with Crippen LogP contribution in [0.25, 0.3) is 0 Å². The van der Waals surface area contributed by atoms with Crippen molar-refractivity contribution in [1.82, 2.24) is 0 Å². The summed E-state index contributed by atoms with van der Waals surface area (Å²) in [4.78, 5) is 11.0. The van der Waals surface area contributed by atoms with E-state index in [1.54, 1.807) is 13.8 Å². The van der Waals surface area contributed by atoms with Crippen molar-refractivity contribution in [2.45, 2.75) is 33.0 Å². The molecule has 0 saturated heterocycles. The number of carbonyl (C=O) groups is 1. The zero-order chi connectivity index (χ0) is 10.5. The number of hydrogen-bond donors (Lipinski definition) is 0. The van der Waals surface area contributed by atoms with Crippen LogP contribution in [0.3, 0.4) is 0 Å². The summed E-state index contributed by atoms with van der Waals surface area (Å²) in [6, 6.07) is 0. The predicted molar refractivity (Wildman–Crippen MR) is 55.2 cm³/mol. The van der Waals surface area contributed by atoms with Crippen LogP contribution in [0.4, 0.5) is 4.79 Å². The van der Waals surface area contributed by atoms with E-state index in [2.05, 4.69) is 19.7 Å². The Morgan fingerprint density at radius 3 is 2.46 bits per heavy atom. The minimum Gasteiger partial charge on any atom is -0.438 e. The van der Waals surface area contributed by atoms with Gasteiger partial charge in [-0.25, -0.2) is 4.79 Å². The maximum absolute atomic E-state index is 11.0. The lowest BCUT2D eigenvalue weighted by Gasteiger charge is -2.17. The van der Waals surface area contributed by atoms with Gasteiger partial charge in [0.05, 0.1) is 12.3 Å². The standard InChI is InChI=1S/C9H18O3Si/c1-6-13(4,5)7-11-9(10)12-8(2)3/h6,8H,1,7H2,2-5H3. The summed E-state index contributed by atoms with van der Waals surface area (Å²) in [5.74, 6) is 0. The molecule has 0 atom stereocenters. The molecule has 4 heteroatoms. The third kappa shape index (κ3) is 6.39. The molecule has 0 aliphatic rings. The second kappa shape index (κ2) is 5.06. The van der Waals surface area contributed by atoms with E-state index >= 15 is 0 Å². The van der Waals surface area contributed by atoms with Crippen molar-refractivity contribution in [3.05, 3.63) is 12.3 Å². The highest BCUT2D eigenvalue weighted by molar-refractivity contribution is 6.82. The largest absolute Gasteiger partial charge is 0.508 e. The first kappa shape index (κ1) is 12.2. The van der Waals surface area contributed by atoms with Crippen molar-refractivity contribution in [2.24, 2.45) is 0 Å². The van der Waals surface area contributed by atoms with Crippen LogP contribution in [0.5, 0.6) is 0 Å². The first-order chi connectivity index (χ1) is 5.87. The van der Waals surface area contributed by atoms with Crippen LogP contribution in [-0.4, -0.2) is 26.6 Å². The molecule has 0 spiro atoms. The van der Waals surface area contributed by atoms with Crippen LogP contribution in [0.15, 0.2) is 12.3 Å². The lowest BCUT2D eigenvalue weighted by atomic mass is 10.5. The zero-order valence-corrected chi connectivity index (χ0v) is 9.79. The molecular weight excluding hydrogens is 184 g/mol. The fourth-order valence-electron chi connectivity index (χ4n) is 0.530. The van der Waals surface area contributed by atoms with Crippen molar-refractivity contribution < 1.29 is 14.3 Å². The van der Waals surface area contributed by atoms with Gasteiger partial charge in [-0.2, -0.15) is 0 Å². The van der Waals surface area contributed by atoms with Crippen molar-refractivity contribution in [1.29, 1.82) is 0 Å². The third-order valence-corrected chi connectivity index (χ3v) is 3.44. The first-order valence-electron chi connectivity index (χ1n) is 4.34. The molecule has 76 valence electrons. The lowest BCUT2D eigenvalue weighted by molar-refractivity contribution is 0.0440. The Balaban J connectivity index is 3.76. The fourth-order valence-corrected chi connectivity index (χ4v) is 1.14. The van der Waals surface area contributed by atoms with Crippen LogP contribution < -0.4 is 0 Å². The molecule has 0 aromatic rings. The third-order valence-electron chi connectivity index (χ3n) is 1.45. The van der Waals surface area contributed by atoms with Crippen molar-refractivity contribution in [3.8, 4) is 0 Å². The molecule has 0 aromatic carbocycles. The Labute approximate surface area is 80.7 Å². The van der Waals surface area contributed by atoms with Gasteiger partial charge in [-0.05, 0) is 13.8 Å². The summed E-state index contributed by atoms with van der Waals surface area (Å²) in [5, 5.41) is 0. The summed E-state index contributed by atoms with van der Waals surface area (Å²) < 4.78 is 9.75. The molecular formula is C9H18O3Si. The number of carbonyl (C=O) groups excluding carboxylic acids is 1. The van der Waals surface area contributed by atoms with E-state index in [0.717, 1.165) is 0 Å². The van der Waals surface area contributed by atoms with Gasteiger partial charge in [-0.3, -0.25) is 0 Å². The maximum Gasteiger partial charge on any atom is 0.508 e. The van der Waals surface area contributed by atoms with E-state index in [1.807, 2.05) is 5.70 Å². The molecule has 0 saturated carbocycles. The summed E-state index contributed by atoms with van der Waals surface area (Å²) in [7, 11) is -1.55. The van der Waals surface area contributed by atoms with E-state index < -0.39 is 14.2 Å². The Kier molecular flexibility index (Phi) is 4.76. The van der Waals surface area contributed by atoms with Crippen LogP contribution in [0, 0.1) is 0 Å². The van der Waals surface area contributed by atoms with Gasteiger partial charge in [0.1, 0.15) is 8.07 Å². The highest BCUT2D eigenvalue weighted by Gasteiger charge is 2.19. The van der Waals surface area contributed by atoms with Gasteiger partial charge in [0.25, 0.3) is 0 Å². The molecule has 0 bridgehead atoms. The van der Waals surface area contributed by atoms with E-state index in [0.29, 0.717) is 6.23 Å². The Morgan fingerprint density at radius 2 is 2.08 bits per heavy atom. The predicted octanol–water partition coefficient (Wildman–Crippen LogP) is 2.52. The van der Waals surface area contributed by atoms with Crippen LogP contribution in [-0.2, 0) is 9.47 Å². The van der Waals surface area contributed by atoms with E-state index in [-0.39, 0.29) is 6.10 Å². The fraction of sp³-hybridized carbons (Fsp3) is 0.667. The van der Waals surface area contributed by atoms with Crippen molar-refractivity contribution in [2.75, 3.05) is 6.23 Å². The number of ether oxygens (including phenoxy) is 2. The molecule has 0 rings (SSSR count). The van der Waals surface area contributed by atoms with Gasteiger partial charge in [-0.1, -0.05) is 18.8 Å². The summed E-state index contributed by atoms with van der Waals surface area (Å²) >= 11 is 0. The number of hydrogen-bond acceptors (Lipinski definition) is 3. The maximum atomic E-state index is 11.0. The molecule has 0 heterocycles. The van der Waals surface area contributed by atoms with Crippen LogP contribution in [0.1, 0.15) is 13.8 Å². The molecule has 13 heavy (non-hydrogen) atoms. The zero-order valence-electron chi connectivity index (χ0n) is 8.79. The first-order valence-corrected chi connectivity index (χ1v) is 7.63.